The van der Waals surface area contributed by atoms with Gasteiger partial charge in [0.15, 0.2) is 11.5 Å². The van der Waals surface area contributed by atoms with Gasteiger partial charge >= 0.3 is 0 Å². The number of hydrogen-bond donors (Lipinski definition) is 0. The lowest BCUT2D eigenvalue weighted by Crippen LogP contribution is -1.98. The minimum atomic E-state index is 0.681. The van der Waals surface area contributed by atoms with Crippen LogP contribution < -0.4 is 9.47 Å². The maximum atomic E-state index is 5.65. The molecule has 5 nitrogen and oxygen atoms in total. The van der Waals surface area contributed by atoms with Crippen LogP contribution in [0.5, 0.6) is 11.5 Å². The van der Waals surface area contributed by atoms with Crippen molar-refractivity contribution in [1.29, 1.82) is 0 Å². The molecule has 1 aliphatic heterocycles. The highest BCUT2D eigenvalue weighted by atomic mass is 79.9. The highest BCUT2D eigenvalue weighted by molar-refractivity contribution is 9.08. The molecule has 1 aromatic heterocycles. The van der Waals surface area contributed by atoms with E-state index in [1.165, 1.54) is 0 Å². The molecule has 0 unspecified atom stereocenters. The molecule has 2 heterocycles. The molecule has 0 atom stereocenters. The molecule has 0 aliphatic carbocycles. The van der Waals surface area contributed by atoms with Gasteiger partial charge < -0.3 is 9.47 Å². The molecular formula is C12H12BrN3O2. The molecule has 94 valence electrons. The summed E-state index contributed by atoms with van der Waals surface area (Å²) in [5.41, 5.74) is 1.81. The van der Waals surface area contributed by atoms with Gasteiger partial charge in [0.1, 0.15) is 0 Å². The van der Waals surface area contributed by atoms with E-state index in [-0.39, 0.29) is 0 Å². The summed E-state index contributed by atoms with van der Waals surface area (Å²) in [6.07, 6.45) is 2.79. The van der Waals surface area contributed by atoms with Gasteiger partial charge in [-0.15, -0.1) is 5.10 Å². The first-order valence-corrected chi connectivity index (χ1v) is 6.86. The monoisotopic (exact) mass is 309 g/mol. The third-order valence-corrected chi connectivity index (χ3v) is 3.25. The fourth-order valence-electron chi connectivity index (χ4n) is 1.78. The van der Waals surface area contributed by atoms with Gasteiger partial charge in [-0.2, -0.15) is 0 Å². The fourth-order valence-corrected chi connectivity index (χ4v) is 2.04. The second-order valence-corrected chi connectivity index (χ2v) is 4.53. The largest absolute Gasteiger partial charge is 0.490 e. The van der Waals surface area contributed by atoms with E-state index in [0.717, 1.165) is 29.3 Å². The molecule has 2 aromatic rings. The summed E-state index contributed by atoms with van der Waals surface area (Å²) in [4.78, 5) is 0. The Kier molecular flexibility index (Phi) is 3.19. The summed E-state index contributed by atoms with van der Waals surface area (Å²) < 4.78 is 13.0. The Hall–Kier alpha value is -1.56. The molecule has 0 spiro atoms. The Bertz CT molecular complexity index is 556. The first-order chi connectivity index (χ1) is 8.86. The second kappa shape index (κ2) is 4.97. The summed E-state index contributed by atoms with van der Waals surface area (Å²) >= 11 is 3.35. The van der Waals surface area contributed by atoms with Gasteiger partial charge in [-0.3, -0.25) is 0 Å². The minimum Gasteiger partial charge on any atom is -0.490 e. The Balaban J connectivity index is 1.95. The van der Waals surface area contributed by atoms with Crippen molar-refractivity contribution >= 4 is 15.9 Å². The number of ether oxygens (including phenoxy) is 2. The fraction of sp³-hybridized carbons (Fsp3) is 0.333. The van der Waals surface area contributed by atoms with Crippen molar-refractivity contribution in [1.82, 2.24) is 15.0 Å². The normalized spacial score (nSPS) is 14.3. The molecule has 0 saturated carbocycles. The number of alkyl halides is 1. The molecule has 0 amide bonds. The molecule has 1 aliphatic rings. The summed E-state index contributed by atoms with van der Waals surface area (Å²) in [5.74, 6) is 1.55. The lowest BCUT2D eigenvalue weighted by molar-refractivity contribution is 0.297. The zero-order chi connectivity index (χ0) is 12.4. The van der Waals surface area contributed by atoms with E-state index in [4.69, 9.17) is 9.47 Å². The van der Waals surface area contributed by atoms with Crippen molar-refractivity contribution in [3.8, 4) is 17.2 Å². The van der Waals surface area contributed by atoms with Crippen LogP contribution in [0.1, 0.15) is 12.1 Å². The predicted octanol–water partition coefficient (Wildman–Crippen LogP) is 2.32. The van der Waals surface area contributed by atoms with Crippen LogP contribution in [0.4, 0.5) is 0 Å². The van der Waals surface area contributed by atoms with Crippen LogP contribution in [0.25, 0.3) is 5.69 Å². The molecule has 0 N–H and O–H groups in total. The second-order valence-electron chi connectivity index (χ2n) is 3.97. The van der Waals surface area contributed by atoms with Crippen molar-refractivity contribution < 1.29 is 9.47 Å². The van der Waals surface area contributed by atoms with Crippen molar-refractivity contribution in [3.05, 3.63) is 30.1 Å². The van der Waals surface area contributed by atoms with E-state index in [9.17, 15) is 0 Å². The molecule has 6 heteroatoms. The molecular weight excluding hydrogens is 298 g/mol. The van der Waals surface area contributed by atoms with Crippen LogP contribution >= 0.6 is 15.9 Å². The quantitative estimate of drug-likeness (QED) is 0.799. The van der Waals surface area contributed by atoms with E-state index >= 15 is 0 Å². The highest BCUT2D eigenvalue weighted by Crippen LogP contribution is 2.31. The van der Waals surface area contributed by atoms with Crippen molar-refractivity contribution in [2.45, 2.75) is 11.8 Å². The van der Waals surface area contributed by atoms with Gasteiger partial charge in [-0.05, 0) is 12.1 Å². The van der Waals surface area contributed by atoms with Gasteiger partial charge in [0.25, 0.3) is 0 Å². The number of benzene rings is 1. The molecule has 0 fully saturated rings. The summed E-state index contributed by atoms with van der Waals surface area (Å²) in [6, 6.07) is 5.78. The molecule has 1 aromatic carbocycles. The molecule has 3 rings (SSSR count). The first kappa shape index (κ1) is 11.5. The Labute approximate surface area is 113 Å². The Morgan fingerprint density at radius 3 is 2.83 bits per heavy atom. The topological polar surface area (TPSA) is 49.2 Å². The summed E-state index contributed by atoms with van der Waals surface area (Å²) in [6.45, 7) is 1.38. The number of hydrogen-bond acceptors (Lipinski definition) is 4. The first-order valence-electron chi connectivity index (χ1n) is 5.74. The van der Waals surface area contributed by atoms with Gasteiger partial charge in [-0.25, -0.2) is 4.68 Å². The van der Waals surface area contributed by atoms with Crippen molar-refractivity contribution in [2.75, 3.05) is 13.2 Å². The third kappa shape index (κ3) is 2.20. The molecule has 0 saturated heterocycles. The lowest BCUT2D eigenvalue weighted by Gasteiger charge is -2.08. The maximum absolute atomic E-state index is 5.65. The molecule has 0 bridgehead atoms. The lowest BCUT2D eigenvalue weighted by atomic mass is 10.3. The number of fused-ring (bicyclic) bond motifs is 1. The molecule has 18 heavy (non-hydrogen) atoms. The van der Waals surface area contributed by atoms with E-state index in [1.54, 1.807) is 4.68 Å². The van der Waals surface area contributed by atoms with Gasteiger partial charge in [-0.1, -0.05) is 21.1 Å². The zero-order valence-corrected chi connectivity index (χ0v) is 11.3. The van der Waals surface area contributed by atoms with Crippen LogP contribution in [-0.2, 0) is 5.33 Å². The number of aromatic nitrogens is 3. The Morgan fingerprint density at radius 2 is 2.06 bits per heavy atom. The SMILES string of the molecule is BrCc1cn(-c2ccc3c(c2)OCCCO3)nn1. The number of rotatable bonds is 2. The number of nitrogens with zero attached hydrogens (tertiary/aromatic N) is 3. The van der Waals surface area contributed by atoms with Crippen molar-refractivity contribution in [2.24, 2.45) is 0 Å². The zero-order valence-electron chi connectivity index (χ0n) is 9.67. The van der Waals surface area contributed by atoms with E-state index in [1.807, 2.05) is 24.4 Å². The van der Waals surface area contributed by atoms with Crippen LogP contribution in [0.3, 0.4) is 0 Å². The predicted molar refractivity (Wildman–Crippen MR) is 69.6 cm³/mol. The van der Waals surface area contributed by atoms with E-state index in [2.05, 4.69) is 26.2 Å². The Morgan fingerprint density at radius 1 is 1.22 bits per heavy atom. The number of halogens is 1. The average molecular weight is 310 g/mol. The minimum absolute atomic E-state index is 0.681. The highest BCUT2D eigenvalue weighted by Gasteiger charge is 2.12. The van der Waals surface area contributed by atoms with Crippen LogP contribution in [0.15, 0.2) is 24.4 Å². The van der Waals surface area contributed by atoms with E-state index in [0.29, 0.717) is 18.5 Å². The smallest absolute Gasteiger partial charge is 0.163 e. The van der Waals surface area contributed by atoms with E-state index < -0.39 is 0 Å². The van der Waals surface area contributed by atoms with Gasteiger partial charge in [0.2, 0.25) is 0 Å². The maximum Gasteiger partial charge on any atom is 0.163 e. The third-order valence-electron chi connectivity index (χ3n) is 2.67. The average Bonchev–Trinajstić information content (AvgIpc) is 2.76. The van der Waals surface area contributed by atoms with Gasteiger partial charge in [0.05, 0.1) is 30.8 Å². The standard InChI is InChI=1S/C12H12BrN3O2/c13-7-9-8-16(15-14-9)10-2-3-11-12(6-10)18-5-1-4-17-11/h2-3,6,8H,1,4-5,7H2. The van der Waals surface area contributed by atoms with Gasteiger partial charge in [0, 0.05) is 17.8 Å². The van der Waals surface area contributed by atoms with Crippen LogP contribution in [-0.4, -0.2) is 28.2 Å². The summed E-state index contributed by atoms with van der Waals surface area (Å²) in [5, 5.41) is 8.80. The molecule has 0 radical (unpaired) electrons. The van der Waals surface area contributed by atoms with Crippen molar-refractivity contribution in [3.63, 3.8) is 0 Å². The summed E-state index contributed by atoms with van der Waals surface area (Å²) in [7, 11) is 0. The van der Waals surface area contributed by atoms with Crippen LogP contribution in [0.2, 0.25) is 0 Å². The van der Waals surface area contributed by atoms with Crippen LogP contribution in [0, 0.1) is 0 Å².